The molecule has 0 amide bonds. The van der Waals surface area contributed by atoms with Crippen LogP contribution in [-0.2, 0) is 28.6 Å². The molecule has 0 radical (unpaired) electrons. The molecule has 2 bridgehead atoms. The van der Waals surface area contributed by atoms with Crippen LogP contribution < -0.4 is 0 Å². The maximum atomic E-state index is 12.5. The maximum Gasteiger partial charge on any atom is 0.334 e. The van der Waals surface area contributed by atoms with E-state index in [0.717, 1.165) is 0 Å². The van der Waals surface area contributed by atoms with Gasteiger partial charge in [-0.3, -0.25) is 4.79 Å². The molecule has 6 nitrogen and oxygen atoms in total. The molecule has 2 fully saturated rings. The molecule has 0 aliphatic carbocycles. The number of rotatable bonds is 2. The molecule has 0 unspecified atom stereocenters. The fraction of sp³-hybridized carbons (Fsp3) is 0.450. The van der Waals surface area contributed by atoms with E-state index in [0.29, 0.717) is 16.9 Å². The standard InChI is InChI=1S/C20H22O6/c1-6-10(2)18(22)25-15-9-20(5)16(21)8-13(26-20)11(3)7-14-17(15)12(4)19(23)24-14/h6,8,14-15,17H,3-4,7,9H2,1-2,5H3/b10-6-/t14-,15-,17-,20+/m0/s1. The summed E-state index contributed by atoms with van der Waals surface area (Å²) in [5, 5.41) is 0. The maximum absolute atomic E-state index is 12.5. The molecule has 138 valence electrons. The summed E-state index contributed by atoms with van der Waals surface area (Å²) < 4.78 is 17.0. The minimum Gasteiger partial charge on any atom is -0.479 e. The van der Waals surface area contributed by atoms with Crippen molar-refractivity contribution in [3.05, 3.63) is 47.8 Å². The van der Waals surface area contributed by atoms with Crippen molar-refractivity contribution in [3.63, 3.8) is 0 Å². The lowest BCUT2D eigenvalue weighted by atomic mass is 9.81. The van der Waals surface area contributed by atoms with Gasteiger partial charge < -0.3 is 14.2 Å². The number of fused-ring (bicyclic) bond motifs is 3. The van der Waals surface area contributed by atoms with E-state index in [1.807, 2.05) is 0 Å². The van der Waals surface area contributed by atoms with E-state index >= 15 is 0 Å². The van der Waals surface area contributed by atoms with E-state index in [1.54, 1.807) is 26.8 Å². The van der Waals surface area contributed by atoms with Crippen molar-refractivity contribution < 1.29 is 28.6 Å². The number of allylic oxidation sites excluding steroid dienone is 2. The lowest BCUT2D eigenvalue weighted by Gasteiger charge is -2.31. The Kier molecular flexibility index (Phi) is 4.38. The summed E-state index contributed by atoms with van der Waals surface area (Å²) in [6, 6.07) is 0. The normalized spacial score (nSPS) is 34.2. The van der Waals surface area contributed by atoms with Crippen molar-refractivity contribution in [1.29, 1.82) is 0 Å². The summed E-state index contributed by atoms with van der Waals surface area (Å²) in [6.07, 6.45) is 2.08. The molecule has 0 saturated carbocycles. The highest BCUT2D eigenvalue weighted by Crippen LogP contribution is 2.44. The van der Waals surface area contributed by atoms with Crippen LogP contribution in [0.2, 0.25) is 0 Å². The van der Waals surface area contributed by atoms with Crippen molar-refractivity contribution in [2.45, 2.75) is 51.4 Å². The van der Waals surface area contributed by atoms with E-state index in [9.17, 15) is 14.4 Å². The second kappa shape index (κ2) is 6.27. The molecular formula is C20H22O6. The lowest BCUT2D eigenvalue weighted by molar-refractivity contribution is -0.153. The molecule has 3 aliphatic heterocycles. The van der Waals surface area contributed by atoms with Crippen molar-refractivity contribution in [1.82, 2.24) is 0 Å². The van der Waals surface area contributed by atoms with E-state index in [2.05, 4.69) is 13.2 Å². The Labute approximate surface area is 152 Å². The second-order valence-corrected chi connectivity index (χ2v) is 7.13. The Morgan fingerprint density at radius 2 is 2.08 bits per heavy atom. The quantitative estimate of drug-likeness (QED) is 0.558. The molecule has 0 aromatic heterocycles. The summed E-state index contributed by atoms with van der Waals surface area (Å²) in [6.45, 7) is 12.8. The fourth-order valence-corrected chi connectivity index (χ4v) is 3.51. The van der Waals surface area contributed by atoms with E-state index in [4.69, 9.17) is 14.2 Å². The van der Waals surface area contributed by atoms with E-state index in [1.165, 1.54) is 6.08 Å². The van der Waals surface area contributed by atoms with Crippen molar-refractivity contribution in [3.8, 4) is 0 Å². The molecule has 3 heterocycles. The smallest absolute Gasteiger partial charge is 0.334 e. The number of hydrogen-bond acceptors (Lipinski definition) is 6. The third-order valence-electron chi connectivity index (χ3n) is 5.24. The predicted molar refractivity (Wildman–Crippen MR) is 92.8 cm³/mol. The molecular weight excluding hydrogens is 336 g/mol. The van der Waals surface area contributed by atoms with Gasteiger partial charge in [0.05, 0.1) is 5.92 Å². The first-order valence-electron chi connectivity index (χ1n) is 8.53. The summed E-state index contributed by atoms with van der Waals surface area (Å²) in [4.78, 5) is 36.9. The molecule has 0 N–H and O–H groups in total. The zero-order valence-corrected chi connectivity index (χ0v) is 15.2. The van der Waals surface area contributed by atoms with E-state index in [-0.39, 0.29) is 24.2 Å². The van der Waals surface area contributed by atoms with Gasteiger partial charge in [0.25, 0.3) is 0 Å². The van der Waals surface area contributed by atoms with Gasteiger partial charge in [-0.2, -0.15) is 0 Å². The predicted octanol–water partition coefficient (Wildman–Crippen LogP) is 2.55. The van der Waals surface area contributed by atoms with E-state index < -0.39 is 35.7 Å². The highest BCUT2D eigenvalue weighted by Gasteiger charge is 2.52. The number of carbonyl (C=O) groups excluding carboxylic acids is 3. The first-order valence-corrected chi connectivity index (χ1v) is 8.53. The molecule has 0 aromatic carbocycles. The van der Waals surface area contributed by atoms with Gasteiger partial charge >= 0.3 is 11.9 Å². The highest BCUT2D eigenvalue weighted by atomic mass is 16.6. The van der Waals surface area contributed by atoms with Crippen LogP contribution in [0, 0.1) is 5.92 Å². The van der Waals surface area contributed by atoms with Crippen LogP contribution in [0.1, 0.15) is 33.6 Å². The molecule has 0 spiro atoms. The second-order valence-electron chi connectivity index (χ2n) is 7.13. The van der Waals surface area contributed by atoms with Gasteiger partial charge in [-0.05, 0) is 26.3 Å². The van der Waals surface area contributed by atoms with Crippen LogP contribution >= 0.6 is 0 Å². The molecule has 3 aliphatic rings. The van der Waals surface area contributed by atoms with Crippen LogP contribution in [0.3, 0.4) is 0 Å². The zero-order valence-electron chi connectivity index (χ0n) is 15.2. The molecule has 3 rings (SSSR count). The van der Waals surface area contributed by atoms with Crippen molar-refractivity contribution in [2.24, 2.45) is 5.92 Å². The lowest BCUT2D eigenvalue weighted by Crippen LogP contribution is -2.43. The monoisotopic (exact) mass is 358 g/mol. The minimum atomic E-state index is -1.19. The third kappa shape index (κ3) is 2.89. The third-order valence-corrected chi connectivity index (χ3v) is 5.24. The molecule has 2 saturated heterocycles. The van der Waals surface area contributed by atoms with Gasteiger partial charge in [-0.15, -0.1) is 0 Å². The van der Waals surface area contributed by atoms with Crippen LogP contribution in [0.4, 0.5) is 0 Å². The Morgan fingerprint density at radius 1 is 1.38 bits per heavy atom. The number of carbonyl (C=O) groups is 3. The zero-order chi connectivity index (χ0) is 19.2. The van der Waals surface area contributed by atoms with Crippen LogP contribution in [0.5, 0.6) is 0 Å². The van der Waals surface area contributed by atoms with Crippen LogP contribution in [-0.4, -0.2) is 35.5 Å². The van der Waals surface area contributed by atoms with Gasteiger partial charge in [0.15, 0.2) is 5.60 Å². The first kappa shape index (κ1) is 18.2. The Bertz CT molecular complexity index is 786. The number of ketones is 1. The SMILES string of the molecule is C=C1C[C@@H]2OC(=O)C(=C)[C@@H]2[C@@H](OC(=O)/C(C)=C\C)C[C@@]2(C)OC1=CC2=O. The van der Waals surface area contributed by atoms with Gasteiger partial charge in [0.2, 0.25) is 5.78 Å². The molecule has 4 atom stereocenters. The van der Waals surface area contributed by atoms with Gasteiger partial charge in [0.1, 0.15) is 18.0 Å². The highest BCUT2D eigenvalue weighted by molar-refractivity contribution is 6.00. The largest absolute Gasteiger partial charge is 0.479 e. The van der Waals surface area contributed by atoms with Gasteiger partial charge in [-0.25, -0.2) is 9.59 Å². The van der Waals surface area contributed by atoms with Gasteiger partial charge in [-0.1, -0.05) is 19.2 Å². The molecule has 0 aromatic rings. The Morgan fingerprint density at radius 3 is 2.73 bits per heavy atom. The summed E-state index contributed by atoms with van der Waals surface area (Å²) in [7, 11) is 0. The Hall–Kier alpha value is -2.63. The number of hydrogen-bond donors (Lipinski definition) is 0. The number of ether oxygens (including phenoxy) is 3. The van der Waals surface area contributed by atoms with Crippen LogP contribution in [0.25, 0.3) is 0 Å². The average molecular weight is 358 g/mol. The number of esters is 2. The Balaban J connectivity index is 2.02. The fourth-order valence-electron chi connectivity index (χ4n) is 3.51. The molecule has 26 heavy (non-hydrogen) atoms. The van der Waals surface area contributed by atoms with Crippen molar-refractivity contribution >= 4 is 17.7 Å². The van der Waals surface area contributed by atoms with Gasteiger partial charge in [0, 0.05) is 30.1 Å². The summed E-state index contributed by atoms with van der Waals surface area (Å²) in [5.74, 6) is -1.41. The summed E-state index contributed by atoms with van der Waals surface area (Å²) >= 11 is 0. The first-order chi connectivity index (χ1) is 12.2. The van der Waals surface area contributed by atoms with Crippen LogP contribution in [0.15, 0.2) is 47.8 Å². The molecule has 6 heteroatoms. The minimum absolute atomic E-state index is 0.0959. The van der Waals surface area contributed by atoms with Crippen molar-refractivity contribution in [2.75, 3.05) is 0 Å². The summed E-state index contributed by atoms with van der Waals surface area (Å²) in [5.41, 5.74) is 0.0514. The average Bonchev–Trinajstić information content (AvgIpc) is 3.03. The topological polar surface area (TPSA) is 78.9 Å².